The van der Waals surface area contributed by atoms with Gasteiger partial charge in [-0.25, -0.2) is 4.79 Å². The number of ether oxygens (including phenoxy) is 1. The van der Waals surface area contributed by atoms with Crippen LogP contribution >= 0.6 is 0 Å². The summed E-state index contributed by atoms with van der Waals surface area (Å²) in [5.41, 5.74) is 6.47. The molecule has 0 aromatic heterocycles. The van der Waals surface area contributed by atoms with Crippen LogP contribution in [-0.2, 0) is 10.3 Å². The number of carbonyl (C=O) groups is 1. The number of hydrogen-bond donors (Lipinski definition) is 1. The normalized spacial score (nSPS) is 25.5. The lowest BCUT2D eigenvalue weighted by Crippen LogP contribution is -2.27. The first-order chi connectivity index (χ1) is 8.79. The Kier molecular flexibility index (Phi) is 3.06. The fourth-order valence-electron chi connectivity index (χ4n) is 2.77. The highest BCUT2D eigenvalue weighted by Crippen LogP contribution is 2.62. The van der Waals surface area contributed by atoms with E-state index in [1.807, 2.05) is 24.3 Å². The maximum absolute atomic E-state index is 11.2. The molecule has 2 rings (SSSR count). The van der Waals surface area contributed by atoms with Gasteiger partial charge in [0.1, 0.15) is 5.60 Å². The molecule has 2 atom stereocenters. The smallest absolute Gasteiger partial charge is 0.405 e. The molecule has 0 spiro atoms. The first kappa shape index (κ1) is 13.5. The van der Waals surface area contributed by atoms with Gasteiger partial charge < -0.3 is 10.5 Å². The standard InChI is InChI=1S/C16H19NO2/c1-5-11-6-8-12(9-7-11)16(19-14(17)18)10-13(16)15(2,3)4/h1,6-9,13H,10H2,2-4H3,(H2,17,18). The van der Waals surface area contributed by atoms with Crippen LogP contribution in [0.1, 0.15) is 38.3 Å². The van der Waals surface area contributed by atoms with Gasteiger partial charge in [-0.3, -0.25) is 0 Å². The summed E-state index contributed by atoms with van der Waals surface area (Å²) in [6.45, 7) is 6.42. The molecule has 1 saturated carbocycles. The van der Waals surface area contributed by atoms with Crippen molar-refractivity contribution in [3.8, 4) is 12.3 Å². The van der Waals surface area contributed by atoms with Crippen LogP contribution < -0.4 is 5.73 Å². The number of benzene rings is 1. The van der Waals surface area contributed by atoms with E-state index in [4.69, 9.17) is 16.9 Å². The monoisotopic (exact) mass is 257 g/mol. The van der Waals surface area contributed by atoms with Gasteiger partial charge in [-0.2, -0.15) is 0 Å². The van der Waals surface area contributed by atoms with Crippen molar-refractivity contribution in [1.82, 2.24) is 0 Å². The topological polar surface area (TPSA) is 52.3 Å². The van der Waals surface area contributed by atoms with Gasteiger partial charge in [0.15, 0.2) is 0 Å². The Balaban J connectivity index is 2.35. The molecule has 1 aromatic rings. The summed E-state index contributed by atoms with van der Waals surface area (Å²) in [7, 11) is 0. The van der Waals surface area contributed by atoms with Gasteiger partial charge in [-0.1, -0.05) is 38.8 Å². The van der Waals surface area contributed by atoms with Crippen LogP contribution in [0, 0.1) is 23.7 Å². The number of rotatable bonds is 2. The van der Waals surface area contributed by atoms with Crippen LogP contribution in [-0.4, -0.2) is 6.09 Å². The Hall–Kier alpha value is -1.95. The quantitative estimate of drug-likeness (QED) is 0.828. The average Bonchev–Trinajstić information content (AvgIpc) is 3.04. The predicted molar refractivity (Wildman–Crippen MR) is 74.3 cm³/mol. The van der Waals surface area contributed by atoms with Crippen LogP contribution in [0.3, 0.4) is 0 Å². The van der Waals surface area contributed by atoms with Crippen LogP contribution in [0.4, 0.5) is 4.79 Å². The Morgan fingerprint density at radius 1 is 1.42 bits per heavy atom. The Bertz CT molecular complexity index is 533. The third-order valence-electron chi connectivity index (χ3n) is 3.78. The zero-order valence-corrected chi connectivity index (χ0v) is 11.6. The second kappa shape index (κ2) is 4.31. The van der Waals surface area contributed by atoms with Crippen molar-refractivity contribution >= 4 is 6.09 Å². The highest BCUT2D eigenvalue weighted by atomic mass is 16.6. The molecule has 0 saturated heterocycles. The van der Waals surface area contributed by atoms with E-state index in [0.29, 0.717) is 0 Å². The summed E-state index contributed by atoms with van der Waals surface area (Å²) in [5, 5.41) is 0. The van der Waals surface area contributed by atoms with Crippen LogP contribution in [0.5, 0.6) is 0 Å². The van der Waals surface area contributed by atoms with E-state index in [-0.39, 0.29) is 11.3 Å². The molecule has 0 heterocycles. The Morgan fingerprint density at radius 2 is 2.00 bits per heavy atom. The SMILES string of the molecule is C#Cc1ccc(C2(OC(N)=O)CC2C(C)(C)C)cc1. The van der Waals surface area contributed by atoms with E-state index in [1.54, 1.807) is 0 Å². The number of terminal acetylenes is 1. The lowest BCUT2D eigenvalue weighted by molar-refractivity contribution is 0.0621. The van der Waals surface area contributed by atoms with Gasteiger partial charge in [0, 0.05) is 11.5 Å². The molecular formula is C16H19NO2. The van der Waals surface area contributed by atoms with Crippen LogP contribution in [0.2, 0.25) is 0 Å². The lowest BCUT2D eigenvalue weighted by atomic mass is 9.86. The fourth-order valence-corrected chi connectivity index (χ4v) is 2.77. The van der Waals surface area contributed by atoms with Crippen molar-refractivity contribution in [3.63, 3.8) is 0 Å². The molecule has 1 fully saturated rings. The zero-order valence-electron chi connectivity index (χ0n) is 11.6. The van der Waals surface area contributed by atoms with Gasteiger partial charge in [-0.05, 0) is 29.5 Å². The third-order valence-corrected chi connectivity index (χ3v) is 3.78. The van der Waals surface area contributed by atoms with Gasteiger partial charge in [-0.15, -0.1) is 6.42 Å². The summed E-state index contributed by atoms with van der Waals surface area (Å²) < 4.78 is 5.43. The minimum atomic E-state index is -0.729. The molecule has 0 bridgehead atoms. The molecule has 3 heteroatoms. The molecule has 19 heavy (non-hydrogen) atoms. The van der Waals surface area contributed by atoms with Crippen molar-refractivity contribution in [1.29, 1.82) is 0 Å². The van der Waals surface area contributed by atoms with Crippen molar-refractivity contribution in [3.05, 3.63) is 35.4 Å². The molecular weight excluding hydrogens is 238 g/mol. The molecule has 1 amide bonds. The average molecular weight is 257 g/mol. The summed E-state index contributed by atoms with van der Waals surface area (Å²) in [6, 6.07) is 7.56. The highest BCUT2D eigenvalue weighted by molar-refractivity contribution is 5.66. The van der Waals surface area contributed by atoms with Gasteiger partial charge in [0.25, 0.3) is 0 Å². The summed E-state index contributed by atoms with van der Waals surface area (Å²) >= 11 is 0. The zero-order chi connectivity index (χ0) is 14.3. The van der Waals surface area contributed by atoms with Crippen LogP contribution in [0.25, 0.3) is 0 Å². The molecule has 2 N–H and O–H groups in total. The molecule has 2 unspecified atom stereocenters. The van der Waals surface area contributed by atoms with Gasteiger partial charge in [0.05, 0.1) is 0 Å². The largest absolute Gasteiger partial charge is 0.438 e. The highest BCUT2D eigenvalue weighted by Gasteiger charge is 2.63. The molecule has 1 aliphatic rings. The maximum Gasteiger partial charge on any atom is 0.405 e. The lowest BCUT2D eigenvalue weighted by Gasteiger charge is -2.25. The second-order valence-electron chi connectivity index (χ2n) is 6.16. The number of primary amides is 1. The Morgan fingerprint density at radius 3 is 2.37 bits per heavy atom. The fraction of sp³-hybridized carbons (Fsp3) is 0.438. The van der Waals surface area contributed by atoms with Crippen molar-refractivity contribution < 1.29 is 9.53 Å². The third kappa shape index (κ3) is 2.44. The van der Waals surface area contributed by atoms with Crippen molar-refractivity contribution in [2.45, 2.75) is 32.8 Å². The van der Waals surface area contributed by atoms with Crippen LogP contribution in [0.15, 0.2) is 24.3 Å². The maximum atomic E-state index is 11.2. The number of carbonyl (C=O) groups excluding carboxylic acids is 1. The predicted octanol–water partition coefficient (Wildman–Crippen LogP) is 3.02. The number of hydrogen-bond acceptors (Lipinski definition) is 2. The van der Waals surface area contributed by atoms with E-state index < -0.39 is 11.7 Å². The molecule has 1 aromatic carbocycles. The van der Waals surface area contributed by atoms with Crippen molar-refractivity contribution in [2.24, 2.45) is 17.1 Å². The van der Waals surface area contributed by atoms with Gasteiger partial charge >= 0.3 is 6.09 Å². The summed E-state index contributed by atoms with van der Waals surface area (Å²) in [5.74, 6) is 2.84. The number of nitrogens with two attached hydrogens (primary N) is 1. The first-order valence-corrected chi connectivity index (χ1v) is 6.35. The molecule has 100 valence electrons. The van der Waals surface area contributed by atoms with E-state index in [2.05, 4.69) is 26.7 Å². The Labute approximate surface area is 114 Å². The first-order valence-electron chi connectivity index (χ1n) is 6.35. The van der Waals surface area contributed by atoms with E-state index >= 15 is 0 Å². The number of amides is 1. The molecule has 3 nitrogen and oxygen atoms in total. The van der Waals surface area contributed by atoms with E-state index in [0.717, 1.165) is 17.5 Å². The minimum absolute atomic E-state index is 0.0558. The van der Waals surface area contributed by atoms with Crippen molar-refractivity contribution in [2.75, 3.05) is 0 Å². The van der Waals surface area contributed by atoms with Gasteiger partial charge in [0.2, 0.25) is 0 Å². The molecule has 0 aliphatic heterocycles. The minimum Gasteiger partial charge on any atom is -0.438 e. The van der Waals surface area contributed by atoms with E-state index in [1.165, 1.54) is 0 Å². The second-order valence-corrected chi connectivity index (χ2v) is 6.16. The summed E-state index contributed by atoms with van der Waals surface area (Å²) in [4.78, 5) is 11.2. The van der Waals surface area contributed by atoms with E-state index in [9.17, 15) is 4.79 Å². The molecule has 0 radical (unpaired) electrons. The molecule has 1 aliphatic carbocycles. The summed E-state index contributed by atoms with van der Waals surface area (Å²) in [6.07, 6.45) is 5.42.